The number of benzene rings is 2. The largest absolute Gasteiger partial charge is 0.449 e. The molecule has 0 saturated carbocycles. The molecule has 2 aromatic rings. The minimum absolute atomic E-state index is 0.0245. The van der Waals surface area contributed by atoms with Crippen molar-refractivity contribution in [1.82, 2.24) is 4.90 Å². The van der Waals surface area contributed by atoms with Gasteiger partial charge in [0.1, 0.15) is 0 Å². The van der Waals surface area contributed by atoms with Gasteiger partial charge in [-0.15, -0.1) is 0 Å². The average Bonchev–Trinajstić information content (AvgIpc) is 3.14. The molecule has 0 spiro atoms. The quantitative estimate of drug-likeness (QED) is 0.676. The monoisotopic (exact) mass is 414 g/mol. The van der Waals surface area contributed by atoms with Gasteiger partial charge in [0.15, 0.2) is 6.10 Å². The first-order valence-corrected chi connectivity index (χ1v) is 9.84. The molecule has 1 aliphatic rings. The Balaban J connectivity index is 1.66. The molecule has 0 bridgehead atoms. The van der Waals surface area contributed by atoms with Gasteiger partial charge in [0, 0.05) is 26.6 Å². The SMILES string of the molecule is C[C@@H](OC(=O)c1ccc(Cl)c(N2CCCC2=O)c1)C(=O)N(C)Cc1ccccc1. The highest BCUT2D eigenvalue weighted by Gasteiger charge is 2.26. The zero-order valence-corrected chi connectivity index (χ0v) is 17.2. The van der Waals surface area contributed by atoms with Crippen molar-refractivity contribution in [3.05, 3.63) is 64.7 Å². The summed E-state index contributed by atoms with van der Waals surface area (Å²) in [5, 5.41) is 0.392. The maximum absolute atomic E-state index is 12.6. The highest BCUT2D eigenvalue weighted by atomic mass is 35.5. The molecule has 0 aliphatic carbocycles. The Hall–Kier alpha value is -2.86. The van der Waals surface area contributed by atoms with Crippen LogP contribution in [0.4, 0.5) is 5.69 Å². The van der Waals surface area contributed by atoms with Crippen molar-refractivity contribution in [1.29, 1.82) is 0 Å². The third-order valence-corrected chi connectivity index (χ3v) is 5.14. The molecule has 152 valence electrons. The molecule has 1 saturated heterocycles. The van der Waals surface area contributed by atoms with Crippen LogP contribution in [-0.4, -0.2) is 42.4 Å². The van der Waals surface area contributed by atoms with E-state index in [9.17, 15) is 14.4 Å². The number of carbonyl (C=O) groups excluding carboxylic acids is 3. The van der Waals surface area contributed by atoms with Gasteiger partial charge in [0.2, 0.25) is 5.91 Å². The summed E-state index contributed by atoms with van der Waals surface area (Å²) in [5.74, 6) is -0.960. The number of carbonyl (C=O) groups is 3. The van der Waals surface area contributed by atoms with E-state index in [1.165, 1.54) is 11.0 Å². The lowest BCUT2D eigenvalue weighted by Crippen LogP contribution is -2.37. The van der Waals surface area contributed by atoms with E-state index in [4.69, 9.17) is 16.3 Å². The molecule has 1 heterocycles. The summed E-state index contributed by atoms with van der Waals surface area (Å²) in [6.45, 7) is 2.53. The zero-order valence-electron chi connectivity index (χ0n) is 16.4. The van der Waals surface area contributed by atoms with Crippen molar-refractivity contribution in [2.24, 2.45) is 0 Å². The van der Waals surface area contributed by atoms with Crippen molar-refractivity contribution in [2.75, 3.05) is 18.5 Å². The molecule has 0 unspecified atom stereocenters. The van der Waals surface area contributed by atoms with Gasteiger partial charge in [-0.25, -0.2) is 4.79 Å². The van der Waals surface area contributed by atoms with E-state index < -0.39 is 12.1 Å². The number of rotatable bonds is 6. The highest BCUT2D eigenvalue weighted by molar-refractivity contribution is 6.34. The lowest BCUT2D eigenvalue weighted by Gasteiger charge is -2.22. The number of hydrogen-bond acceptors (Lipinski definition) is 4. The molecule has 1 aliphatic heterocycles. The Morgan fingerprint density at radius 1 is 1.21 bits per heavy atom. The van der Waals surface area contributed by atoms with Crippen LogP contribution in [0.25, 0.3) is 0 Å². The van der Waals surface area contributed by atoms with Crippen LogP contribution in [0, 0.1) is 0 Å². The maximum atomic E-state index is 12.6. The predicted octanol–water partition coefficient (Wildman–Crippen LogP) is 3.67. The van der Waals surface area contributed by atoms with Gasteiger partial charge >= 0.3 is 5.97 Å². The highest BCUT2D eigenvalue weighted by Crippen LogP contribution is 2.30. The summed E-state index contributed by atoms with van der Waals surface area (Å²) in [4.78, 5) is 40.2. The summed E-state index contributed by atoms with van der Waals surface area (Å²) in [6, 6.07) is 14.2. The summed E-state index contributed by atoms with van der Waals surface area (Å²) in [5.41, 5.74) is 1.72. The number of nitrogens with zero attached hydrogens (tertiary/aromatic N) is 2. The Kier molecular flexibility index (Phi) is 6.54. The first-order chi connectivity index (χ1) is 13.9. The first kappa shape index (κ1) is 20.9. The molecule has 7 heteroatoms. The number of anilines is 1. The fraction of sp³-hybridized carbons (Fsp3) is 0.318. The summed E-state index contributed by atoms with van der Waals surface area (Å²) in [6.07, 6.45) is 0.275. The summed E-state index contributed by atoms with van der Waals surface area (Å²) in [7, 11) is 1.67. The topological polar surface area (TPSA) is 66.9 Å². The van der Waals surface area contributed by atoms with Crippen LogP contribution in [0.2, 0.25) is 5.02 Å². The van der Waals surface area contributed by atoms with Crippen LogP contribution in [0.5, 0.6) is 0 Å². The summed E-state index contributed by atoms with van der Waals surface area (Å²) >= 11 is 6.21. The van der Waals surface area contributed by atoms with Crippen LogP contribution in [-0.2, 0) is 20.9 Å². The number of hydrogen-bond donors (Lipinski definition) is 0. The molecule has 0 aromatic heterocycles. The van der Waals surface area contributed by atoms with Crippen molar-refractivity contribution in [2.45, 2.75) is 32.4 Å². The molecule has 2 aromatic carbocycles. The predicted molar refractivity (Wildman–Crippen MR) is 111 cm³/mol. The van der Waals surface area contributed by atoms with E-state index in [0.717, 1.165) is 12.0 Å². The zero-order chi connectivity index (χ0) is 21.0. The number of esters is 1. The fourth-order valence-electron chi connectivity index (χ4n) is 3.27. The summed E-state index contributed by atoms with van der Waals surface area (Å²) < 4.78 is 5.36. The molecule has 1 atom stereocenters. The van der Waals surface area contributed by atoms with Crippen molar-refractivity contribution in [3.63, 3.8) is 0 Å². The minimum atomic E-state index is -0.941. The number of likely N-dealkylation sites (N-methyl/N-ethyl adjacent to an activating group) is 1. The number of halogens is 1. The van der Waals surface area contributed by atoms with Gasteiger partial charge in [-0.05, 0) is 37.1 Å². The fourth-order valence-corrected chi connectivity index (χ4v) is 3.49. The maximum Gasteiger partial charge on any atom is 0.338 e. The molecular weight excluding hydrogens is 392 g/mol. The van der Waals surface area contributed by atoms with Crippen LogP contribution in [0.15, 0.2) is 48.5 Å². The van der Waals surface area contributed by atoms with Gasteiger partial charge in [-0.1, -0.05) is 41.9 Å². The molecule has 0 radical (unpaired) electrons. The van der Waals surface area contributed by atoms with E-state index in [1.54, 1.807) is 31.0 Å². The molecule has 3 rings (SSSR count). The van der Waals surface area contributed by atoms with Crippen LogP contribution in [0.1, 0.15) is 35.7 Å². The van der Waals surface area contributed by atoms with E-state index >= 15 is 0 Å². The Morgan fingerprint density at radius 2 is 1.93 bits per heavy atom. The smallest absolute Gasteiger partial charge is 0.338 e. The number of amides is 2. The second-order valence-electron chi connectivity index (χ2n) is 7.04. The van der Waals surface area contributed by atoms with Crippen molar-refractivity contribution >= 4 is 35.1 Å². The Labute approximate surface area is 175 Å². The molecule has 6 nitrogen and oxygen atoms in total. The van der Waals surface area contributed by atoms with Crippen molar-refractivity contribution < 1.29 is 19.1 Å². The molecule has 2 amide bonds. The van der Waals surface area contributed by atoms with Crippen molar-refractivity contribution in [3.8, 4) is 0 Å². The Morgan fingerprint density at radius 3 is 2.59 bits per heavy atom. The lowest BCUT2D eigenvalue weighted by molar-refractivity contribution is -0.139. The van der Waals surface area contributed by atoms with Gasteiger partial charge in [0.05, 0.1) is 16.3 Å². The second-order valence-corrected chi connectivity index (χ2v) is 7.45. The molecule has 29 heavy (non-hydrogen) atoms. The average molecular weight is 415 g/mol. The Bertz CT molecular complexity index is 916. The van der Waals surface area contributed by atoms with E-state index in [0.29, 0.717) is 30.2 Å². The van der Waals surface area contributed by atoms with Gasteiger partial charge in [-0.2, -0.15) is 0 Å². The molecule has 1 fully saturated rings. The molecular formula is C22H23ClN2O4. The van der Waals surface area contributed by atoms with Gasteiger partial charge in [0.25, 0.3) is 5.91 Å². The third-order valence-electron chi connectivity index (χ3n) is 4.82. The van der Waals surface area contributed by atoms with E-state index in [1.807, 2.05) is 30.3 Å². The second kappa shape index (κ2) is 9.09. The number of ether oxygens (including phenoxy) is 1. The van der Waals surface area contributed by atoms with Crippen LogP contribution >= 0.6 is 11.6 Å². The van der Waals surface area contributed by atoms with Gasteiger partial charge in [-0.3, -0.25) is 9.59 Å². The van der Waals surface area contributed by atoms with Crippen LogP contribution < -0.4 is 4.90 Å². The van der Waals surface area contributed by atoms with E-state index in [2.05, 4.69) is 0 Å². The molecule has 0 N–H and O–H groups in total. The first-order valence-electron chi connectivity index (χ1n) is 9.46. The van der Waals surface area contributed by atoms with Crippen LogP contribution in [0.3, 0.4) is 0 Å². The third kappa shape index (κ3) is 4.95. The van der Waals surface area contributed by atoms with Gasteiger partial charge < -0.3 is 14.5 Å². The lowest BCUT2D eigenvalue weighted by atomic mass is 10.2. The standard InChI is InChI=1S/C22H23ClN2O4/c1-15(21(27)24(2)14-16-7-4-3-5-8-16)29-22(28)17-10-11-18(23)19(13-17)25-12-6-9-20(25)26/h3-5,7-8,10-11,13,15H,6,9,12,14H2,1-2H3/t15-/m1/s1. The normalized spacial score (nSPS) is 14.6. The minimum Gasteiger partial charge on any atom is -0.449 e. The van der Waals surface area contributed by atoms with E-state index in [-0.39, 0.29) is 17.4 Å².